The molecule has 0 unspecified atom stereocenters. The van der Waals surface area contributed by atoms with Crippen molar-refractivity contribution in [1.82, 2.24) is 9.44 Å². The molecule has 0 aromatic heterocycles. The molecule has 0 aliphatic rings. The van der Waals surface area contributed by atoms with E-state index in [1.165, 1.54) is 0 Å². The highest BCUT2D eigenvalue weighted by atomic mass is 32.2. The van der Waals surface area contributed by atoms with Crippen molar-refractivity contribution < 1.29 is 13.2 Å². The summed E-state index contributed by atoms with van der Waals surface area (Å²) in [5, 5.41) is 0. The summed E-state index contributed by atoms with van der Waals surface area (Å²) < 4.78 is 27.3. The Hall–Kier alpha value is -0.620. The normalized spacial score (nSPS) is 12.9. The molecule has 0 saturated carbocycles. The van der Waals surface area contributed by atoms with Crippen molar-refractivity contribution >= 4 is 16.1 Å². The molecule has 0 spiro atoms. The zero-order chi connectivity index (χ0) is 12.3. The van der Waals surface area contributed by atoms with E-state index < -0.39 is 21.7 Å². The molecular weight excluding hydrogens is 216 g/mol. The van der Waals surface area contributed by atoms with Gasteiger partial charge in [0.05, 0.1) is 0 Å². The number of amides is 1. The maximum atomic E-state index is 11.5. The van der Waals surface area contributed by atoms with Crippen molar-refractivity contribution in [3.8, 4) is 0 Å². The number of hydrogen-bond acceptors (Lipinski definition) is 3. The lowest BCUT2D eigenvalue weighted by Gasteiger charge is -2.29. The first-order chi connectivity index (χ1) is 6.60. The van der Waals surface area contributed by atoms with Crippen molar-refractivity contribution in [2.45, 2.75) is 46.6 Å². The third-order valence-corrected chi connectivity index (χ3v) is 3.70. The lowest BCUT2D eigenvalue weighted by molar-refractivity contribution is -0.119. The lowest BCUT2D eigenvalue weighted by atomic mass is 9.92. The topological polar surface area (TPSA) is 75.3 Å². The molecular formula is C9H20N2O3S. The molecule has 0 fully saturated rings. The van der Waals surface area contributed by atoms with E-state index in [1.807, 2.05) is 18.6 Å². The summed E-state index contributed by atoms with van der Waals surface area (Å²) in [4.78, 5) is 11.0. The van der Waals surface area contributed by atoms with E-state index in [2.05, 4.69) is 4.72 Å². The van der Waals surface area contributed by atoms with Crippen molar-refractivity contribution in [2.75, 3.05) is 0 Å². The van der Waals surface area contributed by atoms with Gasteiger partial charge >= 0.3 is 10.2 Å². The molecule has 0 heterocycles. The van der Waals surface area contributed by atoms with Crippen LogP contribution in [0.5, 0.6) is 0 Å². The van der Waals surface area contributed by atoms with E-state index in [0.29, 0.717) is 0 Å². The van der Waals surface area contributed by atoms with Gasteiger partial charge in [0.1, 0.15) is 0 Å². The lowest BCUT2D eigenvalue weighted by Crippen LogP contribution is -2.52. The van der Waals surface area contributed by atoms with Gasteiger partial charge in [-0.05, 0) is 19.8 Å². The fourth-order valence-corrected chi connectivity index (χ4v) is 2.14. The summed E-state index contributed by atoms with van der Waals surface area (Å²) in [7, 11) is -3.75. The van der Waals surface area contributed by atoms with Crippen LogP contribution in [0, 0.1) is 5.92 Å². The van der Waals surface area contributed by atoms with E-state index in [1.54, 1.807) is 20.8 Å². The average molecular weight is 236 g/mol. The van der Waals surface area contributed by atoms with Crippen LogP contribution in [0.2, 0.25) is 0 Å². The van der Waals surface area contributed by atoms with Crippen molar-refractivity contribution in [3.05, 3.63) is 0 Å². The summed E-state index contributed by atoms with van der Waals surface area (Å²) >= 11 is 0. The Labute approximate surface area is 91.8 Å². The van der Waals surface area contributed by atoms with Crippen molar-refractivity contribution in [3.63, 3.8) is 0 Å². The minimum absolute atomic E-state index is 0.130. The highest BCUT2D eigenvalue weighted by Gasteiger charge is 2.28. The minimum Gasteiger partial charge on any atom is -0.274 e. The van der Waals surface area contributed by atoms with Gasteiger partial charge in [0.15, 0.2) is 0 Å². The van der Waals surface area contributed by atoms with Gasteiger partial charge < -0.3 is 0 Å². The highest BCUT2D eigenvalue weighted by Crippen LogP contribution is 2.15. The third-order valence-electron chi connectivity index (χ3n) is 2.41. The molecule has 15 heavy (non-hydrogen) atoms. The second-order valence-corrected chi connectivity index (χ2v) is 5.78. The van der Waals surface area contributed by atoms with Gasteiger partial charge in [-0.15, -0.1) is 0 Å². The van der Waals surface area contributed by atoms with Crippen LogP contribution in [0.25, 0.3) is 0 Å². The molecule has 0 radical (unpaired) electrons. The standard InChI is InChI=1S/C9H20N2O3S/c1-6-8(12)10-15(13,14)11-9(4,5)7(2)3/h7,11H,6H2,1-5H3,(H,10,12). The predicted octanol–water partition coefficient (Wildman–Crippen LogP) is 0.782. The van der Waals surface area contributed by atoms with Crippen LogP contribution >= 0.6 is 0 Å². The Morgan fingerprint density at radius 3 is 2.13 bits per heavy atom. The van der Waals surface area contributed by atoms with Crippen molar-refractivity contribution in [1.29, 1.82) is 0 Å². The second-order valence-electron chi connectivity index (χ2n) is 4.36. The van der Waals surface area contributed by atoms with Crippen LogP contribution in [0.3, 0.4) is 0 Å². The Kier molecular flexibility index (Phi) is 4.73. The average Bonchev–Trinajstić information content (AvgIpc) is 2.00. The molecule has 0 aliphatic heterocycles. The quantitative estimate of drug-likeness (QED) is 0.740. The molecule has 0 aromatic rings. The predicted molar refractivity (Wildman–Crippen MR) is 59.4 cm³/mol. The van der Waals surface area contributed by atoms with Gasteiger partial charge in [0, 0.05) is 12.0 Å². The summed E-state index contributed by atoms with van der Waals surface area (Å²) in [5.74, 6) is -0.382. The summed E-state index contributed by atoms with van der Waals surface area (Å²) in [6.07, 6.45) is 0.142. The van der Waals surface area contributed by atoms with E-state index in [0.717, 1.165) is 0 Å². The number of hydrogen-bond donors (Lipinski definition) is 2. The van der Waals surface area contributed by atoms with Gasteiger partial charge in [-0.2, -0.15) is 13.1 Å². The van der Waals surface area contributed by atoms with Crippen LogP contribution in [-0.2, 0) is 15.0 Å². The molecule has 0 atom stereocenters. The second kappa shape index (κ2) is 4.94. The van der Waals surface area contributed by atoms with Crippen molar-refractivity contribution in [2.24, 2.45) is 5.92 Å². The number of carbonyl (C=O) groups is 1. The fourth-order valence-electron chi connectivity index (χ4n) is 0.712. The zero-order valence-electron chi connectivity index (χ0n) is 9.92. The summed E-state index contributed by atoms with van der Waals surface area (Å²) in [6.45, 7) is 8.95. The van der Waals surface area contributed by atoms with Gasteiger partial charge in [-0.25, -0.2) is 4.72 Å². The summed E-state index contributed by atoms with van der Waals surface area (Å²) in [6, 6.07) is 0. The third kappa shape index (κ3) is 5.13. The Morgan fingerprint density at radius 1 is 1.33 bits per heavy atom. The van der Waals surface area contributed by atoms with Crippen LogP contribution in [-0.4, -0.2) is 19.9 Å². The molecule has 90 valence electrons. The monoisotopic (exact) mass is 236 g/mol. The molecule has 5 nitrogen and oxygen atoms in total. The number of nitrogens with one attached hydrogen (secondary N) is 2. The molecule has 0 rings (SSSR count). The van der Waals surface area contributed by atoms with E-state index >= 15 is 0 Å². The first-order valence-corrected chi connectivity index (χ1v) is 6.43. The van der Waals surface area contributed by atoms with Gasteiger partial charge in [-0.1, -0.05) is 20.8 Å². The maximum Gasteiger partial charge on any atom is 0.301 e. The highest BCUT2D eigenvalue weighted by molar-refractivity contribution is 7.88. The number of carbonyl (C=O) groups excluding carboxylic acids is 1. The van der Waals surface area contributed by atoms with Crippen LogP contribution in [0.15, 0.2) is 0 Å². The molecule has 0 saturated heterocycles. The van der Waals surface area contributed by atoms with Gasteiger partial charge in [0.2, 0.25) is 5.91 Å². The van der Waals surface area contributed by atoms with E-state index in [9.17, 15) is 13.2 Å². The molecule has 0 aliphatic carbocycles. The van der Waals surface area contributed by atoms with Crippen LogP contribution in [0.4, 0.5) is 0 Å². The Bertz CT molecular complexity index is 320. The zero-order valence-corrected chi connectivity index (χ0v) is 10.7. The SMILES string of the molecule is CCC(=O)NS(=O)(=O)NC(C)(C)C(C)C. The molecule has 2 N–H and O–H groups in total. The fraction of sp³-hybridized carbons (Fsp3) is 0.889. The largest absolute Gasteiger partial charge is 0.301 e. The first-order valence-electron chi connectivity index (χ1n) is 4.95. The van der Waals surface area contributed by atoms with Crippen LogP contribution in [0.1, 0.15) is 41.0 Å². The van der Waals surface area contributed by atoms with Gasteiger partial charge in [-0.3, -0.25) is 4.79 Å². The maximum absolute atomic E-state index is 11.5. The van der Waals surface area contributed by atoms with Gasteiger partial charge in [0.25, 0.3) is 0 Å². The van der Waals surface area contributed by atoms with Crippen LogP contribution < -0.4 is 9.44 Å². The number of rotatable bonds is 5. The molecule has 1 amide bonds. The first kappa shape index (κ1) is 14.4. The molecule has 0 bridgehead atoms. The Morgan fingerprint density at radius 2 is 1.80 bits per heavy atom. The van der Waals surface area contributed by atoms with E-state index in [4.69, 9.17) is 0 Å². The minimum atomic E-state index is -3.75. The Balaban J connectivity index is 4.59. The smallest absolute Gasteiger partial charge is 0.274 e. The molecule has 6 heteroatoms. The molecule has 0 aromatic carbocycles. The summed E-state index contributed by atoms with van der Waals surface area (Å²) in [5.41, 5.74) is -0.583. The van der Waals surface area contributed by atoms with E-state index in [-0.39, 0.29) is 12.3 Å².